The Morgan fingerprint density at radius 3 is 2.85 bits per heavy atom. The van der Waals surface area contributed by atoms with Gasteiger partial charge in [0.15, 0.2) is 5.65 Å². The van der Waals surface area contributed by atoms with Crippen LogP contribution in [-0.4, -0.2) is 27.2 Å². The number of anilines is 2. The lowest BCUT2D eigenvalue weighted by Gasteiger charge is -2.14. The van der Waals surface area contributed by atoms with E-state index in [9.17, 15) is 0 Å². The summed E-state index contributed by atoms with van der Waals surface area (Å²) < 4.78 is 0. The number of thiophene rings is 1. The van der Waals surface area contributed by atoms with Gasteiger partial charge in [0.05, 0.1) is 17.6 Å². The standard InChI is InChI=1S/C13H16N6S/c1-7-4-5-10(20-7)8(2)16-11-9-6-15-19-12(9)18-13(14-3)17-11/h4-6,8H,1-3H3,(H3,14,15,16,17,18,19). The lowest BCUT2D eigenvalue weighted by molar-refractivity contribution is 0.898. The van der Waals surface area contributed by atoms with E-state index >= 15 is 0 Å². The molecule has 0 aliphatic carbocycles. The van der Waals surface area contributed by atoms with Gasteiger partial charge in [-0.25, -0.2) is 0 Å². The van der Waals surface area contributed by atoms with Crippen LogP contribution in [0.25, 0.3) is 11.0 Å². The monoisotopic (exact) mass is 288 g/mol. The number of hydrogen-bond donors (Lipinski definition) is 3. The highest BCUT2D eigenvalue weighted by Gasteiger charge is 2.13. The smallest absolute Gasteiger partial charge is 0.226 e. The number of aromatic amines is 1. The van der Waals surface area contributed by atoms with E-state index in [0.717, 1.165) is 16.9 Å². The van der Waals surface area contributed by atoms with Crippen molar-refractivity contribution in [1.29, 1.82) is 0 Å². The Balaban J connectivity index is 1.95. The van der Waals surface area contributed by atoms with Crippen molar-refractivity contribution in [1.82, 2.24) is 20.2 Å². The summed E-state index contributed by atoms with van der Waals surface area (Å²) in [7, 11) is 1.80. The van der Waals surface area contributed by atoms with Crippen molar-refractivity contribution in [3.8, 4) is 0 Å². The van der Waals surface area contributed by atoms with Gasteiger partial charge in [0, 0.05) is 16.8 Å². The number of aromatic nitrogens is 4. The maximum absolute atomic E-state index is 4.48. The molecule has 104 valence electrons. The molecule has 1 unspecified atom stereocenters. The minimum Gasteiger partial charge on any atom is -0.362 e. The molecule has 0 saturated heterocycles. The molecule has 20 heavy (non-hydrogen) atoms. The third-order valence-corrected chi connectivity index (χ3v) is 4.26. The van der Waals surface area contributed by atoms with Crippen molar-refractivity contribution in [3.05, 3.63) is 28.1 Å². The summed E-state index contributed by atoms with van der Waals surface area (Å²) in [5.41, 5.74) is 0.724. The summed E-state index contributed by atoms with van der Waals surface area (Å²) in [4.78, 5) is 11.4. The molecule has 0 saturated carbocycles. The molecule has 3 N–H and O–H groups in total. The first kappa shape index (κ1) is 12.9. The molecule has 0 aliphatic rings. The fourth-order valence-corrected chi connectivity index (χ4v) is 2.90. The molecule has 0 aromatic carbocycles. The van der Waals surface area contributed by atoms with Crippen LogP contribution in [0.3, 0.4) is 0 Å². The van der Waals surface area contributed by atoms with Crippen molar-refractivity contribution in [2.75, 3.05) is 17.7 Å². The molecule has 0 amide bonds. The molecule has 3 heterocycles. The average Bonchev–Trinajstić information content (AvgIpc) is 3.06. The van der Waals surface area contributed by atoms with Crippen LogP contribution in [0, 0.1) is 6.92 Å². The van der Waals surface area contributed by atoms with Gasteiger partial charge in [0.25, 0.3) is 0 Å². The molecule has 0 aliphatic heterocycles. The van der Waals surface area contributed by atoms with Gasteiger partial charge < -0.3 is 10.6 Å². The normalized spacial score (nSPS) is 12.6. The highest BCUT2D eigenvalue weighted by atomic mass is 32.1. The maximum Gasteiger partial charge on any atom is 0.226 e. The molecule has 3 aromatic rings. The number of nitrogens with zero attached hydrogens (tertiary/aromatic N) is 3. The zero-order valence-corrected chi connectivity index (χ0v) is 12.4. The van der Waals surface area contributed by atoms with E-state index in [0.29, 0.717) is 5.95 Å². The van der Waals surface area contributed by atoms with Gasteiger partial charge in [0.1, 0.15) is 5.82 Å². The zero-order chi connectivity index (χ0) is 14.1. The number of H-pyrrole nitrogens is 1. The molecule has 3 aromatic heterocycles. The molecule has 0 bridgehead atoms. The molecule has 7 heteroatoms. The van der Waals surface area contributed by atoms with Gasteiger partial charge >= 0.3 is 0 Å². The lowest BCUT2D eigenvalue weighted by Crippen LogP contribution is -2.08. The van der Waals surface area contributed by atoms with E-state index < -0.39 is 0 Å². The summed E-state index contributed by atoms with van der Waals surface area (Å²) in [6.07, 6.45) is 1.74. The number of hydrogen-bond acceptors (Lipinski definition) is 6. The molecular weight excluding hydrogens is 272 g/mol. The van der Waals surface area contributed by atoms with Gasteiger partial charge in [-0.2, -0.15) is 15.1 Å². The summed E-state index contributed by atoms with van der Waals surface area (Å²) in [6, 6.07) is 4.46. The van der Waals surface area contributed by atoms with Gasteiger partial charge in [-0.15, -0.1) is 11.3 Å². The Bertz CT molecular complexity index is 731. The molecular formula is C13H16N6S. The second-order valence-corrected chi connectivity index (χ2v) is 5.91. The predicted molar refractivity (Wildman–Crippen MR) is 82.3 cm³/mol. The third kappa shape index (κ3) is 2.32. The highest BCUT2D eigenvalue weighted by molar-refractivity contribution is 7.12. The van der Waals surface area contributed by atoms with E-state index in [2.05, 4.69) is 56.8 Å². The zero-order valence-electron chi connectivity index (χ0n) is 11.6. The van der Waals surface area contributed by atoms with Crippen molar-refractivity contribution >= 4 is 34.1 Å². The summed E-state index contributed by atoms with van der Waals surface area (Å²) in [5.74, 6) is 1.35. The maximum atomic E-state index is 4.48. The molecule has 0 radical (unpaired) electrons. The van der Waals surface area contributed by atoms with E-state index in [-0.39, 0.29) is 6.04 Å². The molecule has 1 atom stereocenters. The molecule has 0 fully saturated rings. The quantitative estimate of drug-likeness (QED) is 0.688. The van der Waals surface area contributed by atoms with Crippen molar-refractivity contribution in [2.24, 2.45) is 0 Å². The van der Waals surface area contributed by atoms with Gasteiger partial charge in [-0.3, -0.25) is 5.10 Å². The Kier molecular flexibility index (Phi) is 3.27. The summed E-state index contributed by atoms with van der Waals surface area (Å²) in [5, 5.41) is 14.2. The molecule has 6 nitrogen and oxygen atoms in total. The number of nitrogens with one attached hydrogen (secondary N) is 3. The van der Waals surface area contributed by atoms with Crippen LogP contribution in [-0.2, 0) is 0 Å². The van der Waals surface area contributed by atoms with Gasteiger partial charge in [0.2, 0.25) is 5.95 Å². The van der Waals surface area contributed by atoms with Crippen molar-refractivity contribution < 1.29 is 0 Å². The Morgan fingerprint density at radius 2 is 2.15 bits per heavy atom. The van der Waals surface area contributed by atoms with Gasteiger partial charge in [-0.05, 0) is 26.0 Å². The van der Waals surface area contributed by atoms with Crippen LogP contribution in [0.2, 0.25) is 0 Å². The number of fused-ring (bicyclic) bond motifs is 1. The van der Waals surface area contributed by atoms with Crippen LogP contribution >= 0.6 is 11.3 Å². The SMILES string of the molecule is CNc1nc(NC(C)c2ccc(C)s2)c2cn[nH]c2n1. The topological polar surface area (TPSA) is 78.5 Å². The van der Waals surface area contributed by atoms with Crippen LogP contribution in [0.4, 0.5) is 11.8 Å². The van der Waals surface area contributed by atoms with Crippen LogP contribution in [0.5, 0.6) is 0 Å². The number of rotatable bonds is 4. The predicted octanol–water partition coefficient (Wildman–Crippen LogP) is 2.94. The van der Waals surface area contributed by atoms with E-state index in [4.69, 9.17) is 0 Å². The van der Waals surface area contributed by atoms with E-state index in [1.807, 2.05) is 0 Å². The fraction of sp³-hybridized carbons (Fsp3) is 0.308. The van der Waals surface area contributed by atoms with Crippen molar-refractivity contribution in [2.45, 2.75) is 19.9 Å². The minimum atomic E-state index is 0.186. The summed E-state index contributed by atoms with van der Waals surface area (Å²) in [6.45, 7) is 4.23. The second-order valence-electron chi connectivity index (χ2n) is 4.59. The Morgan fingerprint density at radius 1 is 1.30 bits per heavy atom. The lowest BCUT2D eigenvalue weighted by atomic mass is 10.2. The number of aryl methyl sites for hydroxylation is 1. The van der Waals surface area contributed by atoms with E-state index in [1.54, 1.807) is 24.6 Å². The van der Waals surface area contributed by atoms with Crippen LogP contribution in [0.1, 0.15) is 22.7 Å². The first-order valence-electron chi connectivity index (χ1n) is 6.39. The van der Waals surface area contributed by atoms with Crippen LogP contribution in [0.15, 0.2) is 18.3 Å². The molecule has 3 rings (SSSR count). The third-order valence-electron chi connectivity index (χ3n) is 3.07. The highest BCUT2D eigenvalue weighted by Crippen LogP contribution is 2.28. The van der Waals surface area contributed by atoms with E-state index in [1.165, 1.54) is 9.75 Å². The first-order chi connectivity index (χ1) is 9.67. The minimum absolute atomic E-state index is 0.186. The fourth-order valence-electron chi connectivity index (χ4n) is 2.02. The van der Waals surface area contributed by atoms with Crippen molar-refractivity contribution in [3.63, 3.8) is 0 Å². The Hall–Kier alpha value is -2.15. The average molecular weight is 288 g/mol. The Labute approximate surface area is 120 Å². The molecule has 0 spiro atoms. The largest absolute Gasteiger partial charge is 0.362 e. The summed E-state index contributed by atoms with van der Waals surface area (Å²) >= 11 is 1.79. The van der Waals surface area contributed by atoms with Crippen LogP contribution < -0.4 is 10.6 Å². The first-order valence-corrected chi connectivity index (χ1v) is 7.21. The van der Waals surface area contributed by atoms with Gasteiger partial charge in [-0.1, -0.05) is 0 Å². The second kappa shape index (κ2) is 5.09.